The lowest BCUT2D eigenvalue weighted by atomic mass is 9.95. The summed E-state index contributed by atoms with van der Waals surface area (Å²) in [6.45, 7) is 6.65. The van der Waals surface area contributed by atoms with Crippen molar-refractivity contribution < 1.29 is 14.3 Å². The molecule has 0 fully saturated rings. The number of benzene rings is 1. The molecule has 2 heterocycles. The lowest BCUT2D eigenvalue weighted by Gasteiger charge is -2.28. The van der Waals surface area contributed by atoms with E-state index in [4.69, 9.17) is 9.47 Å². The van der Waals surface area contributed by atoms with Gasteiger partial charge in [0.1, 0.15) is 18.1 Å². The Morgan fingerprint density at radius 1 is 1.36 bits per heavy atom. The van der Waals surface area contributed by atoms with Crippen LogP contribution in [0.5, 0.6) is 5.75 Å². The number of rotatable bonds is 6. The molecular weight excluding hydrogens is 320 g/mol. The maximum atomic E-state index is 12.6. The number of carbonyl (C=O) groups excluding carboxylic acids is 1. The fourth-order valence-corrected chi connectivity index (χ4v) is 2.87. The van der Waals surface area contributed by atoms with Crippen molar-refractivity contribution in [1.82, 2.24) is 14.8 Å². The Bertz CT molecular complexity index is 797. The number of nitrogens with zero attached hydrogens (tertiary/aromatic N) is 3. The second kappa shape index (κ2) is 7.38. The van der Waals surface area contributed by atoms with E-state index in [1.54, 1.807) is 11.6 Å². The molecule has 1 aliphatic rings. The number of hydrogen-bond acceptors (Lipinski definition) is 6. The van der Waals surface area contributed by atoms with Crippen LogP contribution >= 0.6 is 0 Å². The average Bonchev–Trinajstić information content (AvgIpc) is 3.07. The summed E-state index contributed by atoms with van der Waals surface area (Å²) in [6.07, 6.45) is 2.39. The number of nitrogens with one attached hydrogen (secondary N) is 1. The highest BCUT2D eigenvalue weighted by atomic mass is 16.5. The minimum Gasteiger partial charge on any atom is -0.494 e. The minimum absolute atomic E-state index is 0.312. The van der Waals surface area contributed by atoms with Crippen molar-refractivity contribution in [3.05, 3.63) is 47.4 Å². The maximum Gasteiger partial charge on any atom is 0.338 e. The molecule has 0 radical (unpaired) electrons. The second-order valence-electron chi connectivity index (χ2n) is 5.74. The first-order valence-corrected chi connectivity index (χ1v) is 8.42. The van der Waals surface area contributed by atoms with Gasteiger partial charge >= 0.3 is 5.97 Å². The molecule has 0 amide bonds. The van der Waals surface area contributed by atoms with Gasteiger partial charge in [-0.15, -0.1) is 0 Å². The molecule has 25 heavy (non-hydrogen) atoms. The van der Waals surface area contributed by atoms with Gasteiger partial charge in [0.15, 0.2) is 0 Å². The highest BCUT2D eigenvalue weighted by Crippen LogP contribution is 2.36. The van der Waals surface area contributed by atoms with E-state index in [-0.39, 0.29) is 5.97 Å². The first kappa shape index (κ1) is 17.0. The molecule has 2 aromatic rings. The predicted molar refractivity (Wildman–Crippen MR) is 93.3 cm³/mol. The Kier molecular flexibility index (Phi) is 5.02. The highest BCUT2D eigenvalue weighted by molar-refractivity contribution is 5.92. The van der Waals surface area contributed by atoms with Crippen LogP contribution < -0.4 is 10.1 Å². The fourth-order valence-electron chi connectivity index (χ4n) is 2.87. The van der Waals surface area contributed by atoms with Crippen LogP contribution in [0.1, 0.15) is 38.8 Å². The fraction of sp³-hybridized carbons (Fsp3) is 0.389. The molecule has 0 saturated carbocycles. The summed E-state index contributed by atoms with van der Waals surface area (Å²) in [4.78, 5) is 16.8. The quantitative estimate of drug-likeness (QED) is 0.813. The van der Waals surface area contributed by atoms with E-state index in [1.165, 1.54) is 6.33 Å². The van der Waals surface area contributed by atoms with Crippen molar-refractivity contribution in [2.75, 3.05) is 18.5 Å². The number of hydrogen-bond donors (Lipinski definition) is 1. The van der Waals surface area contributed by atoms with Gasteiger partial charge in [0.05, 0.1) is 18.8 Å². The van der Waals surface area contributed by atoms with Crippen LogP contribution in [0.15, 0.2) is 41.9 Å². The van der Waals surface area contributed by atoms with Crippen LogP contribution in [-0.2, 0) is 9.53 Å². The van der Waals surface area contributed by atoms with E-state index in [2.05, 4.69) is 22.3 Å². The zero-order valence-corrected chi connectivity index (χ0v) is 14.7. The van der Waals surface area contributed by atoms with Crippen LogP contribution in [-0.4, -0.2) is 33.9 Å². The monoisotopic (exact) mass is 342 g/mol. The molecule has 0 saturated heterocycles. The van der Waals surface area contributed by atoms with E-state index < -0.39 is 6.04 Å². The molecule has 1 atom stereocenters. The summed E-state index contributed by atoms with van der Waals surface area (Å²) in [5.41, 5.74) is 2.13. The van der Waals surface area contributed by atoms with Gasteiger partial charge in [0.25, 0.3) is 0 Å². The van der Waals surface area contributed by atoms with E-state index in [1.807, 2.05) is 31.2 Å². The Morgan fingerprint density at radius 2 is 2.20 bits per heavy atom. The number of esters is 1. The summed E-state index contributed by atoms with van der Waals surface area (Å²) in [5.74, 6) is 0.995. The van der Waals surface area contributed by atoms with E-state index in [9.17, 15) is 4.79 Å². The Morgan fingerprint density at radius 3 is 2.96 bits per heavy atom. The molecule has 0 bridgehead atoms. The van der Waals surface area contributed by atoms with Gasteiger partial charge in [-0.3, -0.25) is 0 Å². The molecule has 1 aromatic heterocycles. The topological polar surface area (TPSA) is 78.3 Å². The number of fused-ring (bicyclic) bond motifs is 1. The Balaban J connectivity index is 2.05. The zero-order chi connectivity index (χ0) is 17.8. The largest absolute Gasteiger partial charge is 0.494 e. The smallest absolute Gasteiger partial charge is 0.338 e. The van der Waals surface area contributed by atoms with Crippen molar-refractivity contribution >= 4 is 11.9 Å². The number of carbonyl (C=O) groups is 1. The van der Waals surface area contributed by atoms with Crippen LogP contribution in [0.25, 0.3) is 0 Å². The van der Waals surface area contributed by atoms with Gasteiger partial charge in [-0.1, -0.05) is 19.1 Å². The Hall–Kier alpha value is -2.83. The van der Waals surface area contributed by atoms with Crippen LogP contribution in [0.3, 0.4) is 0 Å². The Labute approximate surface area is 146 Å². The molecule has 1 aliphatic heterocycles. The van der Waals surface area contributed by atoms with Crippen LogP contribution in [0, 0.1) is 0 Å². The van der Waals surface area contributed by atoms with Gasteiger partial charge in [-0.05, 0) is 38.0 Å². The number of anilines is 1. The van der Waals surface area contributed by atoms with Gasteiger partial charge in [0.2, 0.25) is 5.95 Å². The minimum atomic E-state index is -0.414. The summed E-state index contributed by atoms with van der Waals surface area (Å²) < 4.78 is 12.7. The summed E-state index contributed by atoms with van der Waals surface area (Å²) in [6, 6.07) is 7.29. The van der Waals surface area contributed by atoms with Gasteiger partial charge < -0.3 is 14.8 Å². The highest BCUT2D eigenvalue weighted by Gasteiger charge is 2.34. The van der Waals surface area contributed by atoms with Crippen LogP contribution in [0.4, 0.5) is 5.95 Å². The molecule has 3 rings (SSSR count). The normalized spacial score (nSPS) is 16.2. The van der Waals surface area contributed by atoms with Crippen molar-refractivity contribution in [2.45, 2.75) is 33.2 Å². The number of aromatic nitrogens is 3. The van der Waals surface area contributed by atoms with Gasteiger partial charge in [-0.25, -0.2) is 9.48 Å². The molecule has 0 aliphatic carbocycles. The number of ether oxygens (including phenoxy) is 2. The first-order chi connectivity index (χ1) is 12.2. The zero-order valence-electron chi connectivity index (χ0n) is 14.7. The predicted octanol–water partition coefficient (Wildman–Crippen LogP) is 2.92. The molecule has 7 heteroatoms. The van der Waals surface area contributed by atoms with Crippen molar-refractivity contribution in [3.63, 3.8) is 0 Å². The lowest BCUT2D eigenvalue weighted by molar-refractivity contribution is -0.139. The van der Waals surface area contributed by atoms with Crippen molar-refractivity contribution in [3.8, 4) is 5.75 Å². The average molecular weight is 342 g/mol. The van der Waals surface area contributed by atoms with Crippen LogP contribution in [0.2, 0.25) is 0 Å². The molecule has 7 nitrogen and oxygen atoms in total. The van der Waals surface area contributed by atoms with Gasteiger partial charge in [-0.2, -0.15) is 10.1 Å². The third-order valence-corrected chi connectivity index (χ3v) is 3.94. The molecule has 1 N–H and O–H groups in total. The molecular formula is C18H22N4O3. The van der Waals surface area contributed by atoms with Crippen molar-refractivity contribution in [1.29, 1.82) is 0 Å². The van der Waals surface area contributed by atoms with E-state index >= 15 is 0 Å². The molecule has 0 spiro atoms. The van der Waals surface area contributed by atoms with E-state index in [0.717, 1.165) is 17.7 Å². The third-order valence-electron chi connectivity index (χ3n) is 3.94. The summed E-state index contributed by atoms with van der Waals surface area (Å²) >= 11 is 0. The van der Waals surface area contributed by atoms with Crippen molar-refractivity contribution in [2.24, 2.45) is 0 Å². The molecule has 132 valence electrons. The lowest BCUT2D eigenvalue weighted by Crippen LogP contribution is -2.29. The number of allylic oxidation sites excluding steroid dienone is 1. The molecule has 1 unspecified atom stereocenters. The third kappa shape index (κ3) is 3.35. The summed E-state index contributed by atoms with van der Waals surface area (Å²) in [5, 5.41) is 7.41. The standard InChI is InChI=1S/C18H22N4O3/c1-4-9-25-14-8-6-7-13(10-14)16-15(17(23)24-5-2)12(3)21-18-19-11-20-22(16)18/h6-8,10-11,16H,4-5,9H2,1-3H3,(H,19,20,21). The first-order valence-electron chi connectivity index (χ1n) is 8.42. The maximum absolute atomic E-state index is 12.6. The van der Waals surface area contributed by atoms with Gasteiger partial charge in [0, 0.05) is 5.70 Å². The molecule has 1 aromatic carbocycles. The van der Waals surface area contributed by atoms with E-state index in [0.29, 0.717) is 30.4 Å². The second-order valence-corrected chi connectivity index (χ2v) is 5.74. The SMILES string of the molecule is CCCOc1cccc(C2C(C(=O)OCC)=C(C)Nc3ncnn32)c1. The summed E-state index contributed by atoms with van der Waals surface area (Å²) in [7, 11) is 0.